The van der Waals surface area contributed by atoms with Crippen LogP contribution in [0, 0.1) is 0 Å². The van der Waals surface area contributed by atoms with E-state index >= 15 is 0 Å². The van der Waals surface area contributed by atoms with Crippen LogP contribution < -0.4 is 10.6 Å². The van der Waals surface area contributed by atoms with Crippen molar-refractivity contribution in [3.05, 3.63) is 47.7 Å². The molecule has 3 rings (SSSR count). The Kier molecular flexibility index (Phi) is 5.68. The monoisotopic (exact) mass is 354 g/mol. The van der Waals surface area contributed by atoms with Crippen molar-refractivity contribution in [1.29, 1.82) is 0 Å². The lowest BCUT2D eigenvalue weighted by Gasteiger charge is -2.16. The Bertz CT molecular complexity index is 842. The minimum absolute atomic E-state index is 0.0358. The molecule has 0 bridgehead atoms. The number of fused-ring (bicyclic) bond motifs is 1. The molecular weight excluding hydrogens is 328 g/mol. The highest BCUT2D eigenvalue weighted by Gasteiger charge is 2.16. The second-order valence-electron chi connectivity index (χ2n) is 6.63. The van der Waals surface area contributed by atoms with Crippen molar-refractivity contribution in [2.45, 2.75) is 45.7 Å². The Balaban J connectivity index is 1.96. The van der Waals surface area contributed by atoms with Crippen LogP contribution in [0.25, 0.3) is 5.65 Å². The van der Waals surface area contributed by atoms with E-state index in [-0.39, 0.29) is 12.6 Å². The molecule has 3 N–H and O–H groups in total. The van der Waals surface area contributed by atoms with Gasteiger partial charge in [0.2, 0.25) is 11.9 Å². The predicted molar refractivity (Wildman–Crippen MR) is 103 cm³/mol. The maximum absolute atomic E-state index is 9.47. The maximum Gasteiger partial charge on any atom is 0.229 e. The first kappa shape index (κ1) is 18.1. The number of nitrogens with zero attached hydrogens (tertiary/aromatic N) is 4. The fourth-order valence-corrected chi connectivity index (χ4v) is 2.72. The third-order valence-electron chi connectivity index (χ3n) is 4.36. The summed E-state index contributed by atoms with van der Waals surface area (Å²) in [6, 6.07) is 10.1. The molecule has 26 heavy (non-hydrogen) atoms. The van der Waals surface area contributed by atoms with Crippen LogP contribution in [0.3, 0.4) is 0 Å². The van der Waals surface area contributed by atoms with Crippen LogP contribution in [0.1, 0.15) is 44.2 Å². The summed E-state index contributed by atoms with van der Waals surface area (Å²) >= 11 is 0. The predicted octanol–water partition coefficient (Wildman–Crippen LogP) is 3.04. The van der Waals surface area contributed by atoms with Crippen molar-refractivity contribution in [3.8, 4) is 0 Å². The topological polar surface area (TPSA) is 87.4 Å². The van der Waals surface area contributed by atoms with Crippen LogP contribution in [0.5, 0.6) is 0 Å². The molecule has 1 atom stereocenters. The van der Waals surface area contributed by atoms with Gasteiger partial charge >= 0.3 is 0 Å². The normalized spacial score (nSPS) is 12.5. The molecule has 0 spiro atoms. The highest BCUT2D eigenvalue weighted by molar-refractivity contribution is 5.55. The molecule has 138 valence electrons. The van der Waals surface area contributed by atoms with Gasteiger partial charge in [0.1, 0.15) is 0 Å². The smallest absolute Gasteiger partial charge is 0.229 e. The van der Waals surface area contributed by atoms with Gasteiger partial charge in [-0.15, -0.1) is 0 Å². The summed E-state index contributed by atoms with van der Waals surface area (Å²) in [6.45, 7) is 6.92. The third kappa shape index (κ3) is 3.94. The van der Waals surface area contributed by atoms with Crippen LogP contribution in [0.15, 0.2) is 36.5 Å². The molecule has 0 aliphatic heterocycles. The number of anilines is 2. The number of hydrogen-bond donors (Lipinski definition) is 3. The molecule has 0 amide bonds. The fourth-order valence-electron chi connectivity index (χ4n) is 2.72. The molecule has 3 aromatic rings. The first-order valence-electron chi connectivity index (χ1n) is 9.03. The number of aromatic nitrogens is 4. The quantitative estimate of drug-likeness (QED) is 0.576. The molecule has 0 aliphatic rings. The molecule has 1 aromatic carbocycles. The average Bonchev–Trinajstić information content (AvgIpc) is 3.09. The first-order valence-corrected chi connectivity index (χ1v) is 9.03. The van der Waals surface area contributed by atoms with E-state index in [0.717, 1.165) is 23.2 Å². The zero-order valence-electron chi connectivity index (χ0n) is 15.5. The third-order valence-corrected chi connectivity index (χ3v) is 4.36. The van der Waals surface area contributed by atoms with E-state index in [1.54, 1.807) is 4.52 Å². The van der Waals surface area contributed by atoms with E-state index < -0.39 is 0 Å². The van der Waals surface area contributed by atoms with Gasteiger partial charge in [-0.25, -0.2) is 0 Å². The van der Waals surface area contributed by atoms with Crippen molar-refractivity contribution >= 4 is 17.5 Å². The van der Waals surface area contributed by atoms with Gasteiger partial charge in [0.05, 0.1) is 18.8 Å². The number of aliphatic hydroxyl groups excluding tert-OH is 1. The second-order valence-corrected chi connectivity index (χ2v) is 6.63. The maximum atomic E-state index is 9.47. The van der Waals surface area contributed by atoms with Crippen LogP contribution >= 0.6 is 0 Å². The molecule has 0 saturated heterocycles. The van der Waals surface area contributed by atoms with Crippen LogP contribution in [0.4, 0.5) is 11.9 Å². The van der Waals surface area contributed by atoms with Crippen molar-refractivity contribution in [1.82, 2.24) is 19.6 Å². The van der Waals surface area contributed by atoms with Crippen molar-refractivity contribution < 1.29 is 5.11 Å². The summed E-state index contributed by atoms with van der Waals surface area (Å²) in [5.41, 5.74) is 3.00. The molecule has 0 unspecified atom stereocenters. The van der Waals surface area contributed by atoms with Crippen molar-refractivity contribution in [2.75, 3.05) is 17.2 Å². The summed E-state index contributed by atoms with van der Waals surface area (Å²) in [6.07, 6.45) is 2.63. The summed E-state index contributed by atoms with van der Waals surface area (Å²) in [5.74, 6) is 1.43. The van der Waals surface area contributed by atoms with E-state index in [4.69, 9.17) is 0 Å². The van der Waals surface area contributed by atoms with Gasteiger partial charge in [0.15, 0.2) is 5.65 Å². The van der Waals surface area contributed by atoms with E-state index in [1.807, 2.05) is 31.3 Å². The lowest BCUT2D eigenvalue weighted by atomic mass is 10.1. The summed E-state index contributed by atoms with van der Waals surface area (Å²) in [7, 11) is 0. The number of rotatable bonds is 8. The van der Waals surface area contributed by atoms with Gasteiger partial charge in [-0.2, -0.15) is 19.6 Å². The zero-order valence-corrected chi connectivity index (χ0v) is 15.5. The SMILES string of the molecule is CC[C@H](CO)Nc1nc(NCc2ccccc2)n2ncc(C(C)C)c2n1. The second kappa shape index (κ2) is 8.14. The fraction of sp³-hybridized carbons (Fsp3) is 0.421. The largest absolute Gasteiger partial charge is 0.394 e. The van der Waals surface area contributed by atoms with Crippen LogP contribution in [0.2, 0.25) is 0 Å². The number of hydrogen-bond acceptors (Lipinski definition) is 6. The molecule has 2 heterocycles. The first-order chi connectivity index (χ1) is 12.6. The average molecular weight is 354 g/mol. The highest BCUT2D eigenvalue weighted by Crippen LogP contribution is 2.22. The molecule has 0 fully saturated rings. The number of benzene rings is 1. The Morgan fingerprint density at radius 2 is 1.92 bits per heavy atom. The van der Waals surface area contributed by atoms with E-state index in [1.165, 1.54) is 0 Å². The van der Waals surface area contributed by atoms with Gasteiger partial charge in [-0.05, 0) is 17.9 Å². The van der Waals surface area contributed by atoms with Gasteiger partial charge in [-0.1, -0.05) is 51.1 Å². The summed E-state index contributed by atoms with van der Waals surface area (Å²) in [5, 5.41) is 20.5. The highest BCUT2D eigenvalue weighted by atomic mass is 16.3. The Hall–Kier alpha value is -2.67. The van der Waals surface area contributed by atoms with E-state index in [2.05, 4.69) is 51.7 Å². The van der Waals surface area contributed by atoms with E-state index in [0.29, 0.717) is 24.4 Å². The van der Waals surface area contributed by atoms with Crippen molar-refractivity contribution in [2.24, 2.45) is 0 Å². The van der Waals surface area contributed by atoms with Crippen LogP contribution in [-0.2, 0) is 6.54 Å². The standard InChI is InChI=1S/C19H26N6O/c1-4-15(12-26)22-18-23-17-16(13(2)3)11-21-25(17)19(24-18)20-10-14-8-6-5-7-9-14/h5-9,11,13,15,26H,4,10,12H2,1-3H3,(H2,20,22,23,24)/t15-/m1/s1. The Labute approximate surface area is 153 Å². The molecule has 2 aromatic heterocycles. The summed E-state index contributed by atoms with van der Waals surface area (Å²) in [4.78, 5) is 9.22. The van der Waals surface area contributed by atoms with E-state index in [9.17, 15) is 5.11 Å². The van der Waals surface area contributed by atoms with Crippen molar-refractivity contribution in [3.63, 3.8) is 0 Å². The Morgan fingerprint density at radius 3 is 2.58 bits per heavy atom. The van der Waals surface area contributed by atoms with Gasteiger partial charge in [-0.3, -0.25) is 0 Å². The number of nitrogens with one attached hydrogen (secondary N) is 2. The molecule has 0 saturated carbocycles. The lowest BCUT2D eigenvalue weighted by molar-refractivity contribution is 0.271. The molecule has 7 nitrogen and oxygen atoms in total. The molecular formula is C19H26N6O. The minimum atomic E-state index is -0.0788. The van der Waals surface area contributed by atoms with Crippen LogP contribution in [-0.4, -0.2) is 37.3 Å². The Morgan fingerprint density at radius 1 is 1.15 bits per heavy atom. The van der Waals surface area contributed by atoms with Gasteiger partial charge in [0, 0.05) is 12.1 Å². The van der Waals surface area contributed by atoms with Gasteiger partial charge in [0.25, 0.3) is 0 Å². The van der Waals surface area contributed by atoms with Gasteiger partial charge < -0.3 is 15.7 Å². The minimum Gasteiger partial charge on any atom is -0.394 e. The summed E-state index contributed by atoms with van der Waals surface area (Å²) < 4.78 is 1.74. The zero-order chi connectivity index (χ0) is 18.5. The lowest BCUT2D eigenvalue weighted by Crippen LogP contribution is -2.24. The molecule has 0 aliphatic carbocycles. The number of aliphatic hydroxyl groups is 1. The molecule has 7 heteroatoms. The molecule has 0 radical (unpaired) electrons.